The van der Waals surface area contributed by atoms with Crippen molar-refractivity contribution in [2.24, 2.45) is 0 Å². The van der Waals surface area contributed by atoms with Crippen LogP contribution in [0.5, 0.6) is 5.75 Å². The van der Waals surface area contributed by atoms with Crippen molar-refractivity contribution in [3.8, 4) is 5.75 Å². The molecular weight excluding hydrogens is 441 g/mol. The molecule has 0 aliphatic carbocycles. The Morgan fingerprint density at radius 1 is 1.03 bits per heavy atom. The number of unbranched alkanes of at least 4 members (excludes halogenated alkanes) is 1. The van der Waals surface area contributed by atoms with Crippen molar-refractivity contribution in [2.75, 3.05) is 25.5 Å². The molecule has 1 aromatic heterocycles. The van der Waals surface area contributed by atoms with Gasteiger partial charge >= 0.3 is 6.03 Å². The maximum atomic E-state index is 15.8. The van der Waals surface area contributed by atoms with Gasteiger partial charge in [-0.25, -0.2) is 14.2 Å². The van der Waals surface area contributed by atoms with E-state index in [2.05, 4.69) is 17.2 Å². The number of nitrogens with zero attached hydrogens (tertiary/aromatic N) is 2. The summed E-state index contributed by atoms with van der Waals surface area (Å²) >= 11 is 0. The number of nitrogens with one attached hydrogen (secondary N) is 1. The molecule has 2 rings (SSSR count). The summed E-state index contributed by atoms with van der Waals surface area (Å²) in [7, 11) is 1.57. The van der Waals surface area contributed by atoms with E-state index in [1.54, 1.807) is 30.3 Å². The van der Waals surface area contributed by atoms with E-state index in [4.69, 9.17) is 11.3 Å². The molecule has 35 heavy (non-hydrogen) atoms. The van der Waals surface area contributed by atoms with Crippen LogP contribution < -0.4 is 10.1 Å². The number of benzene rings is 1. The summed E-state index contributed by atoms with van der Waals surface area (Å²) < 4.78 is 21.0. The lowest BCUT2D eigenvalue weighted by atomic mass is 9.82. The summed E-state index contributed by atoms with van der Waals surface area (Å²) in [4.78, 5) is 19.1. The Morgan fingerprint density at radius 2 is 1.69 bits per heavy atom. The van der Waals surface area contributed by atoms with Crippen molar-refractivity contribution in [1.82, 2.24) is 9.88 Å². The van der Waals surface area contributed by atoms with Gasteiger partial charge in [0, 0.05) is 13.1 Å². The molecule has 5 nitrogen and oxygen atoms in total. The van der Waals surface area contributed by atoms with Crippen LogP contribution in [0.1, 0.15) is 81.7 Å². The zero-order valence-electron chi connectivity index (χ0n) is 22.2. The van der Waals surface area contributed by atoms with Crippen LogP contribution in [0.3, 0.4) is 0 Å². The van der Waals surface area contributed by atoms with Crippen LogP contribution in [-0.4, -0.2) is 36.1 Å². The molecule has 0 fully saturated rings. The minimum absolute atomic E-state index is 0.165. The second-order valence-corrected chi connectivity index (χ2v) is 8.60. The van der Waals surface area contributed by atoms with Crippen molar-refractivity contribution in [3.05, 3.63) is 58.5 Å². The Balaban J connectivity index is 2.38. The molecule has 1 N–H and O–H groups in total. The number of carbonyl (C=O) groups is 1. The lowest BCUT2D eigenvalue weighted by molar-refractivity contribution is 0.211. The van der Waals surface area contributed by atoms with Crippen LogP contribution in [0.2, 0.25) is 0 Å². The van der Waals surface area contributed by atoms with Crippen molar-refractivity contribution in [1.29, 1.82) is 0 Å². The van der Waals surface area contributed by atoms with E-state index in [9.17, 15) is 4.79 Å². The Morgan fingerprint density at radius 3 is 2.20 bits per heavy atom. The first kappa shape index (κ1) is 28.3. The highest BCUT2D eigenvalue weighted by molar-refractivity contribution is 5.88. The van der Waals surface area contributed by atoms with E-state index >= 15 is 4.39 Å². The lowest BCUT2D eigenvalue weighted by Crippen LogP contribution is -2.37. The maximum Gasteiger partial charge on any atom is 0.323 e. The summed E-state index contributed by atoms with van der Waals surface area (Å²) in [5.41, 5.74) is 4.70. The number of allylic oxidation sites excluding steroid dienone is 1. The molecule has 0 aliphatic heterocycles. The van der Waals surface area contributed by atoms with Gasteiger partial charge in [0.25, 0.3) is 0 Å². The largest absolute Gasteiger partial charge is 0.495 e. The van der Waals surface area contributed by atoms with Gasteiger partial charge in [-0.05, 0) is 90.6 Å². The van der Waals surface area contributed by atoms with Crippen molar-refractivity contribution in [2.45, 2.75) is 79.6 Å². The second kappa shape index (κ2) is 13.9. The van der Waals surface area contributed by atoms with Gasteiger partial charge in [-0.15, -0.1) is 0 Å². The topological polar surface area (TPSA) is 54.5 Å². The van der Waals surface area contributed by atoms with Gasteiger partial charge in [-0.1, -0.05) is 41.0 Å². The number of pyridine rings is 1. The number of amides is 2. The van der Waals surface area contributed by atoms with Crippen molar-refractivity contribution in [3.63, 3.8) is 0 Å². The van der Waals surface area contributed by atoms with Crippen molar-refractivity contribution >= 4 is 17.4 Å². The fourth-order valence-electron chi connectivity index (χ4n) is 4.56. The van der Waals surface area contributed by atoms with Gasteiger partial charge in [0.1, 0.15) is 17.4 Å². The highest BCUT2D eigenvalue weighted by atomic mass is 19.1. The van der Waals surface area contributed by atoms with E-state index in [0.717, 1.165) is 29.5 Å². The molecule has 2 radical (unpaired) electrons. The van der Waals surface area contributed by atoms with E-state index < -0.39 is 0 Å². The molecule has 0 bridgehead atoms. The molecule has 1 heterocycles. The third-order valence-corrected chi connectivity index (χ3v) is 6.49. The molecule has 1 aromatic carbocycles. The fourth-order valence-corrected chi connectivity index (χ4v) is 4.56. The minimum Gasteiger partial charge on any atom is -0.495 e. The average Bonchev–Trinajstić information content (AvgIpc) is 2.88. The first-order valence-corrected chi connectivity index (χ1v) is 12.8. The zero-order chi connectivity index (χ0) is 26.0. The van der Waals surface area contributed by atoms with Crippen LogP contribution in [0.4, 0.5) is 15.0 Å². The highest BCUT2D eigenvalue weighted by Crippen LogP contribution is 2.34. The number of hydrogen-bond acceptors (Lipinski definition) is 3. The number of rotatable bonds is 13. The molecule has 190 valence electrons. The summed E-state index contributed by atoms with van der Waals surface area (Å²) in [5.74, 6) is 0.891. The van der Waals surface area contributed by atoms with Crippen LogP contribution >= 0.6 is 0 Å². The predicted molar refractivity (Wildman–Crippen MR) is 141 cm³/mol. The number of carbonyl (C=O) groups excluding carboxylic acids is 1. The SMILES string of the molecule is [C]=C(CC)c1c(CC)c(CC)c(F)c(CCN(CCCC)C(=O)Nc2ccc(OC)cn2)c1CC. The summed E-state index contributed by atoms with van der Waals surface area (Å²) in [5, 5.41) is 2.85. The number of methoxy groups -OCH3 is 1. The van der Waals surface area contributed by atoms with E-state index in [1.165, 1.54) is 0 Å². The van der Waals surface area contributed by atoms with Crippen LogP contribution in [0, 0.1) is 12.4 Å². The second-order valence-electron chi connectivity index (χ2n) is 8.60. The smallest absolute Gasteiger partial charge is 0.323 e. The number of ether oxygens (including phenoxy) is 1. The molecule has 2 amide bonds. The minimum atomic E-state index is -0.253. The fraction of sp³-hybridized carbons (Fsp3) is 0.517. The third kappa shape index (κ3) is 6.83. The van der Waals surface area contributed by atoms with Crippen LogP contribution in [0.25, 0.3) is 5.57 Å². The van der Waals surface area contributed by atoms with E-state index in [-0.39, 0.29) is 11.8 Å². The van der Waals surface area contributed by atoms with Crippen molar-refractivity contribution < 1.29 is 13.9 Å². The molecule has 2 aromatic rings. The Kier molecular flexibility index (Phi) is 11.2. The van der Waals surface area contributed by atoms with E-state index in [0.29, 0.717) is 73.5 Å². The lowest BCUT2D eigenvalue weighted by Gasteiger charge is -2.26. The molecule has 0 unspecified atom stereocenters. The Bertz CT molecular complexity index is 1000. The standard InChI is InChI=1S/C29H40FN3O2/c1-8-13-17-33(29(34)32-26-15-14-21(35-7)19-31-26)18-16-25-23(11-4)27(20(6)9-2)22(10-3)24(12-5)28(25)30/h14-15,19H,8-13,16-18H2,1-5,7H3,(H,31,32,34). The van der Waals surface area contributed by atoms with Crippen LogP contribution in [-0.2, 0) is 25.7 Å². The summed E-state index contributed by atoms with van der Waals surface area (Å²) in [6.45, 7) is 19.7. The molecule has 0 saturated carbocycles. The number of anilines is 1. The predicted octanol–water partition coefficient (Wildman–Crippen LogP) is 6.90. The molecule has 0 spiro atoms. The number of hydrogen-bond donors (Lipinski definition) is 1. The first-order valence-electron chi connectivity index (χ1n) is 12.8. The quantitative estimate of drug-likeness (QED) is 0.339. The van der Waals surface area contributed by atoms with Gasteiger partial charge in [-0.3, -0.25) is 5.32 Å². The van der Waals surface area contributed by atoms with Gasteiger partial charge in [0.2, 0.25) is 0 Å². The molecule has 0 saturated heterocycles. The normalized spacial score (nSPS) is 10.8. The number of halogens is 1. The Hall–Kier alpha value is -2.89. The molecule has 0 aliphatic rings. The van der Waals surface area contributed by atoms with Gasteiger partial charge in [-0.2, -0.15) is 0 Å². The monoisotopic (exact) mass is 481 g/mol. The van der Waals surface area contributed by atoms with Crippen LogP contribution in [0.15, 0.2) is 18.3 Å². The zero-order valence-corrected chi connectivity index (χ0v) is 22.2. The van der Waals surface area contributed by atoms with Gasteiger partial charge in [0.15, 0.2) is 0 Å². The van der Waals surface area contributed by atoms with E-state index in [1.807, 2.05) is 27.7 Å². The third-order valence-electron chi connectivity index (χ3n) is 6.49. The average molecular weight is 482 g/mol. The first-order chi connectivity index (χ1) is 16.9. The Labute approximate surface area is 210 Å². The molecular formula is C29H40FN3O2. The molecule has 6 heteroatoms. The van der Waals surface area contributed by atoms with Gasteiger partial charge in [0.05, 0.1) is 13.3 Å². The molecule has 0 atom stereocenters. The number of urea groups is 1. The van der Waals surface area contributed by atoms with Gasteiger partial charge < -0.3 is 9.64 Å². The maximum absolute atomic E-state index is 15.8. The number of aromatic nitrogens is 1. The summed E-state index contributed by atoms with van der Waals surface area (Å²) in [6.07, 6.45) is 6.30. The highest BCUT2D eigenvalue weighted by Gasteiger charge is 2.24. The summed E-state index contributed by atoms with van der Waals surface area (Å²) in [6, 6.07) is 3.19.